The summed E-state index contributed by atoms with van der Waals surface area (Å²) in [6.45, 7) is 2.60. The van der Waals surface area contributed by atoms with Crippen LogP contribution in [0.2, 0.25) is 0 Å². The number of aliphatic hydroxyl groups excluding tert-OH is 2. The minimum atomic E-state index is -0.110. The summed E-state index contributed by atoms with van der Waals surface area (Å²) >= 11 is 0. The van der Waals surface area contributed by atoms with E-state index in [-0.39, 0.29) is 12.2 Å². The average Bonchev–Trinajstić information content (AvgIpc) is 2.06. The van der Waals surface area contributed by atoms with E-state index in [1.807, 2.05) is 0 Å². The first-order chi connectivity index (χ1) is 6.25. The van der Waals surface area contributed by atoms with Crippen LogP contribution in [-0.2, 0) is 0 Å². The molecule has 1 saturated heterocycles. The molecule has 0 aromatic rings. The molecule has 1 saturated carbocycles. The van der Waals surface area contributed by atoms with Gasteiger partial charge in [0.2, 0.25) is 0 Å². The standard InChI is InChI=1S/C10H19NO2/c12-9-6-11(7-9)5-8-3-1-2-4-10(8)13/h8-10,12-13H,1-7H2. The lowest BCUT2D eigenvalue weighted by Crippen LogP contribution is -2.53. The van der Waals surface area contributed by atoms with Crippen LogP contribution in [0.3, 0.4) is 0 Å². The Bertz CT molecular complexity index is 168. The second-order valence-electron chi connectivity index (χ2n) is 4.48. The highest BCUT2D eigenvalue weighted by Crippen LogP contribution is 2.26. The van der Waals surface area contributed by atoms with E-state index in [1.165, 1.54) is 12.8 Å². The highest BCUT2D eigenvalue weighted by atomic mass is 16.3. The predicted octanol–water partition coefficient (Wildman–Crippen LogP) is 0.214. The van der Waals surface area contributed by atoms with Gasteiger partial charge in [-0.1, -0.05) is 12.8 Å². The molecule has 76 valence electrons. The third-order valence-corrected chi connectivity index (χ3v) is 3.30. The maximum absolute atomic E-state index is 9.71. The van der Waals surface area contributed by atoms with E-state index in [9.17, 15) is 5.11 Å². The molecule has 2 atom stereocenters. The summed E-state index contributed by atoms with van der Waals surface area (Å²) in [5, 5.41) is 18.8. The molecule has 1 aliphatic heterocycles. The second kappa shape index (κ2) is 3.95. The maximum Gasteiger partial charge on any atom is 0.0793 e. The van der Waals surface area contributed by atoms with Gasteiger partial charge in [-0.3, -0.25) is 4.90 Å². The first-order valence-corrected chi connectivity index (χ1v) is 5.34. The van der Waals surface area contributed by atoms with Gasteiger partial charge in [0.05, 0.1) is 12.2 Å². The average molecular weight is 185 g/mol. The lowest BCUT2D eigenvalue weighted by Gasteiger charge is -2.40. The fraction of sp³-hybridized carbons (Fsp3) is 1.00. The number of aliphatic hydroxyl groups is 2. The van der Waals surface area contributed by atoms with Crippen molar-refractivity contribution in [2.24, 2.45) is 5.92 Å². The highest BCUT2D eigenvalue weighted by molar-refractivity contribution is 4.84. The Balaban J connectivity index is 1.73. The molecular weight excluding hydrogens is 166 g/mol. The van der Waals surface area contributed by atoms with Crippen molar-refractivity contribution in [2.45, 2.75) is 37.9 Å². The molecule has 0 aromatic heterocycles. The van der Waals surface area contributed by atoms with Crippen LogP contribution >= 0.6 is 0 Å². The zero-order valence-corrected chi connectivity index (χ0v) is 8.02. The molecule has 0 aromatic carbocycles. The highest BCUT2D eigenvalue weighted by Gasteiger charge is 2.30. The van der Waals surface area contributed by atoms with Gasteiger partial charge < -0.3 is 10.2 Å². The van der Waals surface area contributed by atoms with Gasteiger partial charge in [0.1, 0.15) is 0 Å². The van der Waals surface area contributed by atoms with Crippen LogP contribution in [0.4, 0.5) is 0 Å². The number of hydrogen-bond acceptors (Lipinski definition) is 3. The molecule has 0 radical (unpaired) electrons. The molecule has 2 aliphatic rings. The first-order valence-electron chi connectivity index (χ1n) is 5.34. The number of nitrogens with zero attached hydrogens (tertiary/aromatic N) is 1. The van der Waals surface area contributed by atoms with Crippen molar-refractivity contribution in [1.29, 1.82) is 0 Å². The Morgan fingerprint density at radius 1 is 1.08 bits per heavy atom. The molecule has 3 nitrogen and oxygen atoms in total. The van der Waals surface area contributed by atoms with Crippen molar-refractivity contribution < 1.29 is 10.2 Å². The fourth-order valence-corrected chi connectivity index (χ4v) is 2.42. The zero-order chi connectivity index (χ0) is 9.26. The van der Waals surface area contributed by atoms with Crippen molar-refractivity contribution in [3.8, 4) is 0 Å². The fourth-order valence-electron chi connectivity index (χ4n) is 2.42. The van der Waals surface area contributed by atoms with Gasteiger partial charge in [-0.15, -0.1) is 0 Å². The Morgan fingerprint density at radius 2 is 1.77 bits per heavy atom. The van der Waals surface area contributed by atoms with E-state index in [4.69, 9.17) is 5.11 Å². The van der Waals surface area contributed by atoms with Gasteiger partial charge in [-0.25, -0.2) is 0 Å². The second-order valence-corrected chi connectivity index (χ2v) is 4.48. The molecule has 0 spiro atoms. The zero-order valence-electron chi connectivity index (χ0n) is 8.02. The lowest BCUT2D eigenvalue weighted by atomic mass is 9.85. The Labute approximate surface area is 79.4 Å². The summed E-state index contributed by atoms with van der Waals surface area (Å²) in [5.74, 6) is 0.459. The van der Waals surface area contributed by atoms with Crippen LogP contribution in [0.5, 0.6) is 0 Å². The third kappa shape index (κ3) is 2.22. The third-order valence-electron chi connectivity index (χ3n) is 3.30. The SMILES string of the molecule is OC1CN(CC2CCCCC2O)C1. The van der Waals surface area contributed by atoms with E-state index in [1.54, 1.807) is 0 Å². The quantitative estimate of drug-likeness (QED) is 0.646. The Kier molecular flexibility index (Phi) is 2.86. The molecule has 2 fully saturated rings. The van der Waals surface area contributed by atoms with Gasteiger partial charge in [0.15, 0.2) is 0 Å². The molecule has 3 heteroatoms. The van der Waals surface area contributed by atoms with Crippen molar-refractivity contribution in [2.75, 3.05) is 19.6 Å². The van der Waals surface area contributed by atoms with E-state index in [0.29, 0.717) is 5.92 Å². The van der Waals surface area contributed by atoms with Crippen LogP contribution in [0.15, 0.2) is 0 Å². The number of β-amino-alcohol motifs (C(OH)–C–C–N with tert-alkyl or cyclic N) is 1. The van der Waals surface area contributed by atoms with Crippen molar-refractivity contribution in [1.82, 2.24) is 4.90 Å². The van der Waals surface area contributed by atoms with E-state index >= 15 is 0 Å². The van der Waals surface area contributed by atoms with Gasteiger partial charge in [-0.05, 0) is 18.8 Å². The van der Waals surface area contributed by atoms with Gasteiger partial charge in [0.25, 0.3) is 0 Å². The normalized spacial score (nSPS) is 37.4. The molecule has 1 heterocycles. The van der Waals surface area contributed by atoms with Crippen molar-refractivity contribution in [3.05, 3.63) is 0 Å². The molecule has 13 heavy (non-hydrogen) atoms. The summed E-state index contributed by atoms with van der Waals surface area (Å²) in [6, 6.07) is 0. The molecule has 2 rings (SSSR count). The number of hydrogen-bond donors (Lipinski definition) is 2. The smallest absolute Gasteiger partial charge is 0.0793 e. The van der Waals surface area contributed by atoms with Crippen molar-refractivity contribution >= 4 is 0 Å². The van der Waals surface area contributed by atoms with Crippen LogP contribution in [0.1, 0.15) is 25.7 Å². The van der Waals surface area contributed by atoms with Gasteiger partial charge >= 0.3 is 0 Å². The monoisotopic (exact) mass is 185 g/mol. The van der Waals surface area contributed by atoms with Crippen molar-refractivity contribution in [3.63, 3.8) is 0 Å². The molecule has 2 N–H and O–H groups in total. The summed E-state index contributed by atoms with van der Waals surface area (Å²) in [4.78, 5) is 2.24. The summed E-state index contributed by atoms with van der Waals surface area (Å²) in [7, 11) is 0. The van der Waals surface area contributed by atoms with Crippen LogP contribution in [-0.4, -0.2) is 47.0 Å². The lowest BCUT2D eigenvalue weighted by molar-refractivity contribution is -0.0305. The summed E-state index contributed by atoms with van der Waals surface area (Å²) < 4.78 is 0. The molecular formula is C10H19NO2. The summed E-state index contributed by atoms with van der Waals surface area (Å²) in [5.41, 5.74) is 0. The number of rotatable bonds is 2. The van der Waals surface area contributed by atoms with E-state index in [2.05, 4.69) is 4.90 Å². The van der Waals surface area contributed by atoms with Crippen LogP contribution < -0.4 is 0 Å². The molecule has 2 unspecified atom stereocenters. The Hall–Kier alpha value is -0.120. The van der Waals surface area contributed by atoms with Gasteiger partial charge in [-0.2, -0.15) is 0 Å². The minimum absolute atomic E-state index is 0.0912. The first kappa shape index (κ1) is 9.44. The van der Waals surface area contributed by atoms with Crippen LogP contribution in [0, 0.1) is 5.92 Å². The van der Waals surface area contributed by atoms with E-state index < -0.39 is 0 Å². The predicted molar refractivity (Wildman–Crippen MR) is 50.4 cm³/mol. The van der Waals surface area contributed by atoms with E-state index in [0.717, 1.165) is 32.5 Å². The molecule has 0 bridgehead atoms. The Morgan fingerprint density at radius 3 is 2.38 bits per heavy atom. The minimum Gasteiger partial charge on any atom is -0.393 e. The molecule has 0 amide bonds. The topological polar surface area (TPSA) is 43.7 Å². The van der Waals surface area contributed by atoms with Crippen LogP contribution in [0.25, 0.3) is 0 Å². The summed E-state index contributed by atoms with van der Waals surface area (Å²) in [6.07, 6.45) is 4.37. The van der Waals surface area contributed by atoms with Gasteiger partial charge in [0, 0.05) is 19.6 Å². The number of likely N-dealkylation sites (tertiary alicyclic amines) is 1. The largest absolute Gasteiger partial charge is 0.393 e. The maximum atomic E-state index is 9.71. The molecule has 1 aliphatic carbocycles.